The number of hydrogen-bond acceptors (Lipinski definition) is 5. The number of nitrogens with two attached hydrogens (primary N) is 1. The lowest BCUT2D eigenvalue weighted by Gasteiger charge is -2.35. The number of anilines is 1. The molecular weight excluding hydrogens is 392 g/mol. The summed E-state index contributed by atoms with van der Waals surface area (Å²) in [6, 6.07) is 12.3. The Hall–Kier alpha value is -3.13. The fraction of sp³-hybridized carbons (Fsp3) is 0.435. The third kappa shape index (κ3) is 7.25. The number of rotatable bonds is 7. The summed E-state index contributed by atoms with van der Waals surface area (Å²) in [4.78, 5) is 31.3. The number of hydrogen-bond donors (Lipinski definition) is 3. The SMILES string of the molecule is C.CC(=O)N1CCN(c2ccc(CCc3ccc(CCNC(=O)NN)cc3)nc2)CC1. The number of benzene rings is 1. The van der Waals surface area contributed by atoms with Gasteiger partial charge in [-0.15, -0.1) is 0 Å². The quantitative estimate of drug-likeness (QED) is 0.356. The average molecular weight is 427 g/mol. The Balaban J connectivity index is 0.00000341. The minimum absolute atomic E-state index is 0. The Morgan fingerprint density at radius 1 is 0.968 bits per heavy atom. The Bertz CT molecular complexity index is 830. The van der Waals surface area contributed by atoms with Gasteiger partial charge in [-0.05, 0) is 42.5 Å². The highest BCUT2D eigenvalue weighted by Crippen LogP contribution is 2.17. The molecule has 2 aromatic rings. The number of pyridine rings is 1. The first-order valence-corrected chi connectivity index (χ1v) is 10.3. The fourth-order valence-corrected chi connectivity index (χ4v) is 3.55. The molecule has 0 radical (unpaired) electrons. The maximum atomic E-state index is 11.5. The smallest absolute Gasteiger partial charge is 0.328 e. The fourth-order valence-electron chi connectivity index (χ4n) is 3.55. The molecule has 1 aromatic carbocycles. The first kappa shape index (κ1) is 24.1. The zero-order valence-electron chi connectivity index (χ0n) is 17.4. The topological polar surface area (TPSA) is 104 Å². The number of hydrazine groups is 1. The molecule has 4 N–H and O–H groups in total. The van der Waals surface area contributed by atoms with Crippen molar-refractivity contribution in [2.75, 3.05) is 37.6 Å². The van der Waals surface area contributed by atoms with Crippen molar-refractivity contribution in [3.05, 3.63) is 59.4 Å². The van der Waals surface area contributed by atoms with Crippen molar-refractivity contribution in [1.29, 1.82) is 0 Å². The molecule has 0 saturated carbocycles. The van der Waals surface area contributed by atoms with Crippen molar-refractivity contribution >= 4 is 17.6 Å². The number of piperazine rings is 1. The summed E-state index contributed by atoms with van der Waals surface area (Å²) < 4.78 is 0. The summed E-state index contributed by atoms with van der Waals surface area (Å²) in [6.45, 7) is 5.40. The number of aryl methyl sites for hydroxylation is 2. The van der Waals surface area contributed by atoms with E-state index in [-0.39, 0.29) is 19.4 Å². The molecular formula is C23H34N6O2. The van der Waals surface area contributed by atoms with Gasteiger partial charge in [0.25, 0.3) is 0 Å². The molecule has 0 aliphatic carbocycles. The van der Waals surface area contributed by atoms with Gasteiger partial charge in [0.15, 0.2) is 0 Å². The number of nitrogens with one attached hydrogen (secondary N) is 2. The van der Waals surface area contributed by atoms with Gasteiger partial charge < -0.3 is 15.1 Å². The minimum Gasteiger partial charge on any atom is -0.367 e. The summed E-state index contributed by atoms with van der Waals surface area (Å²) in [5.41, 5.74) is 6.66. The summed E-state index contributed by atoms with van der Waals surface area (Å²) >= 11 is 0. The minimum atomic E-state index is -0.372. The van der Waals surface area contributed by atoms with Crippen LogP contribution in [0.15, 0.2) is 42.6 Å². The lowest BCUT2D eigenvalue weighted by Crippen LogP contribution is -2.48. The van der Waals surface area contributed by atoms with Crippen LogP contribution in [0.3, 0.4) is 0 Å². The van der Waals surface area contributed by atoms with Crippen LogP contribution < -0.4 is 21.5 Å². The molecule has 31 heavy (non-hydrogen) atoms. The Morgan fingerprint density at radius 3 is 2.16 bits per heavy atom. The molecule has 1 aliphatic heterocycles. The summed E-state index contributed by atoms with van der Waals surface area (Å²) in [6.07, 6.45) is 4.51. The molecule has 3 rings (SSSR count). The molecule has 0 bridgehead atoms. The van der Waals surface area contributed by atoms with E-state index in [2.05, 4.69) is 51.6 Å². The molecule has 8 heteroatoms. The number of aromatic nitrogens is 1. The second-order valence-electron chi connectivity index (χ2n) is 7.47. The van der Waals surface area contributed by atoms with Crippen LogP contribution in [0, 0.1) is 0 Å². The highest BCUT2D eigenvalue weighted by atomic mass is 16.2. The number of carbonyl (C=O) groups excluding carboxylic acids is 2. The lowest BCUT2D eigenvalue weighted by molar-refractivity contribution is -0.129. The van der Waals surface area contributed by atoms with E-state index in [9.17, 15) is 9.59 Å². The molecule has 2 heterocycles. The van der Waals surface area contributed by atoms with Crippen molar-refractivity contribution < 1.29 is 9.59 Å². The second kappa shape index (κ2) is 11.9. The van der Waals surface area contributed by atoms with Crippen LogP contribution in [-0.4, -0.2) is 54.5 Å². The standard InChI is InChI=1S/C22H30N6O2.CH4/c1-17(29)27-12-14-28(15-13-27)21-9-8-20(25-16-21)7-6-18-2-4-19(5-3-18)10-11-24-22(30)26-23;/h2-5,8-9,16H,6-7,10-15,23H2,1H3,(H2,24,26,30);1H4. The molecule has 1 fully saturated rings. The third-order valence-corrected chi connectivity index (χ3v) is 5.42. The van der Waals surface area contributed by atoms with Crippen molar-refractivity contribution in [3.63, 3.8) is 0 Å². The van der Waals surface area contributed by atoms with Crippen LogP contribution in [0.25, 0.3) is 0 Å². The van der Waals surface area contributed by atoms with Gasteiger partial charge in [0.1, 0.15) is 0 Å². The van der Waals surface area contributed by atoms with E-state index in [4.69, 9.17) is 5.84 Å². The van der Waals surface area contributed by atoms with E-state index in [1.165, 1.54) is 11.1 Å². The number of urea groups is 1. The van der Waals surface area contributed by atoms with E-state index in [0.717, 1.165) is 56.8 Å². The summed E-state index contributed by atoms with van der Waals surface area (Å²) in [5.74, 6) is 5.18. The van der Waals surface area contributed by atoms with Crippen LogP contribution in [-0.2, 0) is 24.1 Å². The maximum Gasteiger partial charge on any atom is 0.328 e. The van der Waals surface area contributed by atoms with Gasteiger partial charge in [0.05, 0.1) is 11.9 Å². The number of carbonyl (C=O) groups is 2. The molecule has 0 spiro atoms. The second-order valence-corrected chi connectivity index (χ2v) is 7.47. The average Bonchev–Trinajstić information content (AvgIpc) is 2.79. The first-order chi connectivity index (χ1) is 14.5. The van der Waals surface area contributed by atoms with E-state index in [0.29, 0.717) is 6.54 Å². The highest BCUT2D eigenvalue weighted by Gasteiger charge is 2.18. The van der Waals surface area contributed by atoms with Gasteiger partial charge in [-0.1, -0.05) is 31.7 Å². The highest BCUT2D eigenvalue weighted by molar-refractivity contribution is 5.73. The van der Waals surface area contributed by atoms with Crippen LogP contribution in [0.1, 0.15) is 31.2 Å². The van der Waals surface area contributed by atoms with Gasteiger partial charge >= 0.3 is 6.03 Å². The van der Waals surface area contributed by atoms with Gasteiger partial charge in [-0.25, -0.2) is 10.6 Å². The summed E-state index contributed by atoms with van der Waals surface area (Å²) in [5, 5.41) is 2.67. The van der Waals surface area contributed by atoms with Crippen LogP contribution in [0.4, 0.5) is 10.5 Å². The number of amides is 3. The molecule has 1 aliphatic rings. The first-order valence-electron chi connectivity index (χ1n) is 10.3. The zero-order valence-corrected chi connectivity index (χ0v) is 17.4. The third-order valence-electron chi connectivity index (χ3n) is 5.42. The number of nitrogens with zero attached hydrogens (tertiary/aromatic N) is 3. The Morgan fingerprint density at radius 2 is 1.61 bits per heavy atom. The van der Waals surface area contributed by atoms with E-state index < -0.39 is 0 Å². The Labute approximate surface area is 184 Å². The van der Waals surface area contributed by atoms with Gasteiger partial charge in [0, 0.05) is 45.3 Å². The molecule has 3 amide bonds. The van der Waals surface area contributed by atoms with Crippen molar-refractivity contribution in [2.24, 2.45) is 5.84 Å². The van der Waals surface area contributed by atoms with Gasteiger partial charge in [-0.3, -0.25) is 15.2 Å². The zero-order chi connectivity index (χ0) is 21.3. The van der Waals surface area contributed by atoms with Crippen LogP contribution in [0.2, 0.25) is 0 Å². The normalized spacial score (nSPS) is 13.4. The Kier molecular flexibility index (Phi) is 9.27. The van der Waals surface area contributed by atoms with E-state index in [1.807, 2.05) is 16.5 Å². The van der Waals surface area contributed by atoms with Crippen LogP contribution in [0.5, 0.6) is 0 Å². The van der Waals surface area contributed by atoms with E-state index in [1.54, 1.807) is 6.92 Å². The van der Waals surface area contributed by atoms with Gasteiger partial charge in [0.2, 0.25) is 5.91 Å². The van der Waals surface area contributed by atoms with Gasteiger partial charge in [-0.2, -0.15) is 0 Å². The maximum absolute atomic E-state index is 11.5. The largest absolute Gasteiger partial charge is 0.367 e. The molecule has 0 atom stereocenters. The van der Waals surface area contributed by atoms with Crippen molar-refractivity contribution in [2.45, 2.75) is 33.6 Å². The monoisotopic (exact) mass is 426 g/mol. The molecule has 1 saturated heterocycles. The predicted molar refractivity (Wildman–Crippen MR) is 124 cm³/mol. The van der Waals surface area contributed by atoms with Crippen LogP contribution >= 0.6 is 0 Å². The molecule has 0 unspecified atom stereocenters. The molecule has 1 aromatic heterocycles. The summed E-state index contributed by atoms with van der Waals surface area (Å²) in [7, 11) is 0. The molecule has 8 nitrogen and oxygen atoms in total. The van der Waals surface area contributed by atoms with Crippen molar-refractivity contribution in [1.82, 2.24) is 20.6 Å². The van der Waals surface area contributed by atoms with Crippen molar-refractivity contribution in [3.8, 4) is 0 Å². The predicted octanol–water partition coefficient (Wildman–Crippen LogP) is 1.89. The molecule has 168 valence electrons. The van der Waals surface area contributed by atoms with E-state index >= 15 is 0 Å². The lowest BCUT2D eigenvalue weighted by atomic mass is 10.0.